The number of rotatable bonds is 13. The first-order valence-electron chi connectivity index (χ1n) is 13.0. The van der Waals surface area contributed by atoms with Gasteiger partial charge in [0.05, 0.1) is 13.2 Å². The van der Waals surface area contributed by atoms with E-state index in [1.807, 2.05) is 48.7 Å². The summed E-state index contributed by atoms with van der Waals surface area (Å²) >= 11 is 6.65. The standard InChI is InChI=1S/C32H35ClN2O2/c1-3-18-36-30-16-10-8-14-26(30)22-35(23-27-15-9-11-17-31(27)37-19-4-2)24-29-20-28(21-34-32(29)33)25-12-6-5-7-13-25/h5-17,20-21H,3-4,18-19,22-24H2,1-2H3. The fourth-order valence-electron chi connectivity index (χ4n) is 4.26. The van der Waals surface area contributed by atoms with Gasteiger partial charge in [0.25, 0.3) is 0 Å². The number of benzene rings is 3. The predicted octanol–water partition coefficient (Wildman–Crippen LogP) is 8.18. The Labute approximate surface area is 225 Å². The molecule has 1 aromatic heterocycles. The molecule has 0 N–H and O–H groups in total. The molecule has 0 saturated heterocycles. The zero-order valence-corrected chi connectivity index (χ0v) is 22.5. The fraction of sp³-hybridized carbons (Fsp3) is 0.281. The monoisotopic (exact) mass is 514 g/mol. The number of nitrogens with zero attached hydrogens (tertiary/aromatic N) is 2. The lowest BCUT2D eigenvalue weighted by atomic mass is 10.1. The normalized spacial score (nSPS) is 11.0. The molecule has 0 unspecified atom stereocenters. The van der Waals surface area contributed by atoms with Crippen LogP contribution < -0.4 is 9.47 Å². The van der Waals surface area contributed by atoms with Crippen LogP contribution in [0.4, 0.5) is 0 Å². The highest BCUT2D eigenvalue weighted by molar-refractivity contribution is 6.30. The third-order valence-electron chi connectivity index (χ3n) is 6.07. The van der Waals surface area contributed by atoms with Crippen molar-refractivity contribution in [3.63, 3.8) is 0 Å². The van der Waals surface area contributed by atoms with Crippen molar-refractivity contribution in [1.29, 1.82) is 0 Å². The van der Waals surface area contributed by atoms with Crippen LogP contribution in [0.3, 0.4) is 0 Å². The third-order valence-corrected chi connectivity index (χ3v) is 6.41. The molecule has 4 nitrogen and oxygen atoms in total. The average molecular weight is 515 g/mol. The maximum absolute atomic E-state index is 6.65. The van der Waals surface area contributed by atoms with Gasteiger partial charge in [0.1, 0.15) is 16.7 Å². The number of ether oxygens (including phenoxy) is 2. The van der Waals surface area contributed by atoms with Gasteiger partial charge in [-0.1, -0.05) is 92.2 Å². The molecule has 0 spiro atoms. The van der Waals surface area contributed by atoms with Crippen LogP contribution in [0.15, 0.2) is 91.1 Å². The number of para-hydroxylation sites is 2. The first-order chi connectivity index (χ1) is 18.2. The number of hydrogen-bond acceptors (Lipinski definition) is 4. The molecule has 0 amide bonds. The molecule has 0 fully saturated rings. The summed E-state index contributed by atoms with van der Waals surface area (Å²) in [6.45, 7) is 7.67. The van der Waals surface area contributed by atoms with E-state index in [1.165, 1.54) is 0 Å². The molecule has 192 valence electrons. The Kier molecular flexibility index (Phi) is 9.98. The van der Waals surface area contributed by atoms with Crippen LogP contribution in [-0.4, -0.2) is 23.1 Å². The van der Waals surface area contributed by atoms with Crippen molar-refractivity contribution in [2.24, 2.45) is 0 Å². The topological polar surface area (TPSA) is 34.6 Å². The third kappa shape index (κ3) is 7.58. The Morgan fingerprint density at radius 1 is 0.649 bits per heavy atom. The molecule has 0 radical (unpaired) electrons. The summed E-state index contributed by atoms with van der Waals surface area (Å²) < 4.78 is 12.2. The quantitative estimate of drug-likeness (QED) is 0.168. The molecule has 0 bridgehead atoms. The molecular weight excluding hydrogens is 480 g/mol. The minimum Gasteiger partial charge on any atom is -0.493 e. The summed E-state index contributed by atoms with van der Waals surface area (Å²) in [6.07, 6.45) is 3.77. The van der Waals surface area contributed by atoms with E-state index in [1.54, 1.807) is 0 Å². The number of aromatic nitrogens is 1. The zero-order valence-electron chi connectivity index (χ0n) is 21.7. The minimum atomic E-state index is 0.524. The van der Waals surface area contributed by atoms with Crippen LogP contribution in [0, 0.1) is 0 Å². The van der Waals surface area contributed by atoms with E-state index in [0.29, 0.717) is 38.0 Å². The maximum Gasteiger partial charge on any atom is 0.133 e. The molecule has 0 atom stereocenters. The van der Waals surface area contributed by atoms with Crippen molar-refractivity contribution in [2.45, 2.75) is 46.3 Å². The highest BCUT2D eigenvalue weighted by Gasteiger charge is 2.16. The van der Waals surface area contributed by atoms with Crippen molar-refractivity contribution < 1.29 is 9.47 Å². The summed E-state index contributed by atoms with van der Waals surface area (Å²) in [7, 11) is 0. The highest BCUT2D eigenvalue weighted by Crippen LogP contribution is 2.28. The SMILES string of the molecule is CCCOc1ccccc1CN(Cc1ccccc1OCCC)Cc1cc(-c2ccccc2)cnc1Cl. The van der Waals surface area contributed by atoms with Gasteiger partial charge in [0.15, 0.2) is 0 Å². The van der Waals surface area contributed by atoms with Gasteiger partial charge in [-0.2, -0.15) is 0 Å². The van der Waals surface area contributed by atoms with E-state index in [9.17, 15) is 0 Å². The molecule has 4 aromatic rings. The van der Waals surface area contributed by atoms with Crippen molar-refractivity contribution >= 4 is 11.6 Å². The van der Waals surface area contributed by atoms with Crippen molar-refractivity contribution in [3.8, 4) is 22.6 Å². The molecule has 0 aliphatic carbocycles. The molecule has 5 heteroatoms. The molecule has 0 aliphatic rings. The molecule has 4 rings (SSSR count). The van der Waals surface area contributed by atoms with Gasteiger partial charge in [-0.05, 0) is 36.6 Å². The summed E-state index contributed by atoms with van der Waals surface area (Å²) in [5.41, 5.74) is 5.45. The zero-order chi connectivity index (χ0) is 25.9. The van der Waals surface area contributed by atoms with Crippen LogP contribution in [0.2, 0.25) is 5.15 Å². The van der Waals surface area contributed by atoms with Gasteiger partial charge in [-0.3, -0.25) is 4.90 Å². The Balaban J connectivity index is 1.66. The largest absolute Gasteiger partial charge is 0.493 e. The number of halogens is 1. The maximum atomic E-state index is 6.65. The molecule has 37 heavy (non-hydrogen) atoms. The second-order valence-electron chi connectivity index (χ2n) is 9.10. The second-order valence-corrected chi connectivity index (χ2v) is 9.46. The highest BCUT2D eigenvalue weighted by atomic mass is 35.5. The minimum absolute atomic E-state index is 0.524. The van der Waals surface area contributed by atoms with Crippen LogP contribution in [0.25, 0.3) is 11.1 Å². The average Bonchev–Trinajstić information content (AvgIpc) is 2.93. The Morgan fingerprint density at radius 2 is 1.16 bits per heavy atom. The van der Waals surface area contributed by atoms with Crippen LogP contribution >= 0.6 is 11.6 Å². The van der Waals surface area contributed by atoms with Crippen molar-refractivity contribution in [1.82, 2.24) is 9.88 Å². The van der Waals surface area contributed by atoms with E-state index in [2.05, 4.69) is 66.2 Å². The molecule has 0 saturated carbocycles. The molecular formula is C32H35ClN2O2. The molecule has 3 aromatic carbocycles. The van der Waals surface area contributed by atoms with E-state index in [-0.39, 0.29) is 0 Å². The van der Waals surface area contributed by atoms with Gasteiger partial charge in [-0.25, -0.2) is 4.98 Å². The Bertz CT molecular complexity index is 1210. The van der Waals surface area contributed by atoms with Crippen LogP contribution in [-0.2, 0) is 19.6 Å². The Morgan fingerprint density at radius 3 is 1.73 bits per heavy atom. The summed E-state index contributed by atoms with van der Waals surface area (Å²) in [5.74, 6) is 1.85. The lowest BCUT2D eigenvalue weighted by Gasteiger charge is -2.25. The number of hydrogen-bond donors (Lipinski definition) is 0. The van der Waals surface area contributed by atoms with E-state index in [4.69, 9.17) is 21.1 Å². The van der Waals surface area contributed by atoms with E-state index in [0.717, 1.165) is 52.2 Å². The summed E-state index contributed by atoms with van der Waals surface area (Å²) in [4.78, 5) is 6.90. The summed E-state index contributed by atoms with van der Waals surface area (Å²) in [5, 5.41) is 0.524. The van der Waals surface area contributed by atoms with Crippen molar-refractivity contribution in [2.75, 3.05) is 13.2 Å². The smallest absolute Gasteiger partial charge is 0.133 e. The van der Waals surface area contributed by atoms with Gasteiger partial charge in [-0.15, -0.1) is 0 Å². The lowest BCUT2D eigenvalue weighted by Crippen LogP contribution is -2.23. The van der Waals surface area contributed by atoms with E-state index >= 15 is 0 Å². The second kappa shape index (κ2) is 13.8. The fourth-order valence-corrected chi connectivity index (χ4v) is 4.42. The van der Waals surface area contributed by atoms with Crippen LogP contribution in [0.5, 0.6) is 11.5 Å². The van der Waals surface area contributed by atoms with Gasteiger partial charge in [0.2, 0.25) is 0 Å². The van der Waals surface area contributed by atoms with E-state index < -0.39 is 0 Å². The van der Waals surface area contributed by atoms with Gasteiger partial charge in [0, 0.05) is 48.1 Å². The molecule has 1 heterocycles. The van der Waals surface area contributed by atoms with Gasteiger partial charge >= 0.3 is 0 Å². The number of pyridine rings is 1. The summed E-state index contributed by atoms with van der Waals surface area (Å²) in [6, 6.07) is 29.0. The van der Waals surface area contributed by atoms with Crippen LogP contribution in [0.1, 0.15) is 43.4 Å². The lowest BCUT2D eigenvalue weighted by molar-refractivity contribution is 0.232. The predicted molar refractivity (Wildman–Crippen MR) is 152 cm³/mol. The first-order valence-corrected chi connectivity index (χ1v) is 13.4. The first kappa shape index (κ1) is 26.7. The molecule has 0 aliphatic heterocycles. The Hall–Kier alpha value is -3.34. The van der Waals surface area contributed by atoms with Gasteiger partial charge < -0.3 is 9.47 Å². The van der Waals surface area contributed by atoms with Crippen molar-refractivity contribution in [3.05, 3.63) is 113 Å².